The Bertz CT molecular complexity index is 871. The van der Waals surface area contributed by atoms with Gasteiger partial charge in [-0.25, -0.2) is 4.68 Å². The van der Waals surface area contributed by atoms with Gasteiger partial charge in [-0.2, -0.15) is 10.1 Å². The third kappa shape index (κ3) is 3.29. The Morgan fingerprint density at radius 1 is 1.32 bits per heavy atom. The molecule has 1 amide bonds. The van der Waals surface area contributed by atoms with Crippen LogP contribution in [0.15, 0.2) is 65.4 Å². The molecule has 3 rings (SSSR count). The van der Waals surface area contributed by atoms with Crippen molar-refractivity contribution < 1.29 is 4.79 Å². The molecule has 22 heavy (non-hydrogen) atoms. The first-order valence-electron chi connectivity index (χ1n) is 6.69. The van der Waals surface area contributed by atoms with E-state index in [1.165, 1.54) is 17.4 Å². The van der Waals surface area contributed by atoms with E-state index in [-0.39, 0.29) is 5.91 Å². The van der Waals surface area contributed by atoms with Crippen LogP contribution < -0.4 is 4.80 Å². The second-order valence-corrected chi connectivity index (χ2v) is 5.51. The third-order valence-electron chi connectivity index (χ3n) is 3.01. The second kappa shape index (κ2) is 6.36. The number of amides is 1. The minimum Gasteiger partial charge on any atom is -0.327 e. The Labute approximate surface area is 131 Å². The first-order valence-corrected chi connectivity index (χ1v) is 7.57. The maximum Gasteiger partial charge on any atom is 0.272 e. The molecule has 0 unspecified atom stereocenters. The average Bonchev–Trinajstić information content (AvgIpc) is 3.16. The molecular formula is C16H14N4OS. The Balaban J connectivity index is 1.75. The fraction of sp³-hybridized carbons (Fsp3) is 0.0625. The lowest BCUT2D eigenvalue weighted by Crippen LogP contribution is -2.11. The summed E-state index contributed by atoms with van der Waals surface area (Å²) in [5, 5.41) is 6.16. The van der Waals surface area contributed by atoms with Crippen molar-refractivity contribution in [2.24, 2.45) is 12.0 Å². The number of rotatable bonds is 3. The molecule has 0 fully saturated rings. The highest BCUT2D eigenvalue weighted by Gasteiger charge is 1.99. The molecule has 1 aromatic carbocycles. The van der Waals surface area contributed by atoms with Crippen LogP contribution in [0.25, 0.3) is 11.8 Å². The van der Waals surface area contributed by atoms with Crippen molar-refractivity contribution in [2.45, 2.75) is 0 Å². The fourth-order valence-electron chi connectivity index (χ4n) is 1.88. The summed E-state index contributed by atoms with van der Waals surface area (Å²) in [5.74, 6) is -0.287. The van der Waals surface area contributed by atoms with Gasteiger partial charge in [0.15, 0.2) is 4.80 Å². The van der Waals surface area contributed by atoms with Gasteiger partial charge in [0, 0.05) is 36.5 Å². The highest BCUT2D eigenvalue weighted by Crippen LogP contribution is 2.08. The number of benzene rings is 1. The standard InChI is InChI=1S/C16H14N4OS/c1-19-9-10-22-16(19)18-15(21)8-7-13-11-17-20(12-13)14-5-3-2-4-6-14/h2-12H,1H3/b8-7+,18-16?. The van der Waals surface area contributed by atoms with Crippen molar-refractivity contribution in [1.82, 2.24) is 14.3 Å². The number of hydrogen-bond acceptors (Lipinski definition) is 3. The maximum absolute atomic E-state index is 11.8. The summed E-state index contributed by atoms with van der Waals surface area (Å²) in [6, 6.07) is 9.81. The van der Waals surface area contributed by atoms with Crippen LogP contribution >= 0.6 is 11.3 Å². The monoisotopic (exact) mass is 310 g/mol. The van der Waals surface area contributed by atoms with E-state index >= 15 is 0 Å². The lowest BCUT2D eigenvalue weighted by Gasteiger charge is -1.98. The summed E-state index contributed by atoms with van der Waals surface area (Å²) < 4.78 is 3.57. The molecule has 110 valence electrons. The molecule has 0 atom stereocenters. The number of carbonyl (C=O) groups excluding carboxylic acids is 1. The summed E-state index contributed by atoms with van der Waals surface area (Å²) in [6.07, 6.45) is 8.61. The van der Waals surface area contributed by atoms with E-state index in [2.05, 4.69) is 10.1 Å². The van der Waals surface area contributed by atoms with Gasteiger partial charge in [-0.1, -0.05) is 18.2 Å². The average molecular weight is 310 g/mol. The van der Waals surface area contributed by atoms with E-state index in [9.17, 15) is 4.79 Å². The van der Waals surface area contributed by atoms with Crippen LogP contribution in [0.1, 0.15) is 5.56 Å². The number of hydrogen-bond donors (Lipinski definition) is 0. The smallest absolute Gasteiger partial charge is 0.272 e. The van der Waals surface area contributed by atoms with Gasteiger partial charge in [-0.3, -0.25) is 4.79 Å². The summed E-state index contributed by atoms with van der Waals surface area (Å²) in [6.45, 7) is 0. The van der Waals surface area contributed by atoms with Crippen LogP contribution in [-0.4, -0.2) is 20.3 Å². The zero-order valence-corrected chi connectivity index (χ0v) is 12.8. The van der Waals surface area contributed by atoms with Crippen molar-refractivity contribution in [3.63, 3.8) is 0 Å². The van der Waals surface area contributed by atoms with Gasteiger partial charge in [0.2, 0.25) is 0 Å². The molecule has 0 saturated heterocycles. The van der Waals surface area contributed by atoms with E-state index in [4.69, 9.17) is 0 Å². The SMILES string of the molecule is Cn1ccsc1=NC(=O)/C=C/c1cnn(-c2ccccc2)c1. The molecule has 3 aromatic rings. The predicted molar refractivity (Wildman–Crippen MR) is 86.5 cm³/mol. The molecule has 0 N–H and O–H groups in total. The van der Waals surface area contributed by atoms with Gasteiger partial charge in [-0.15, -0.1) is 11.3 Å². The highest BCUT2D eigenvalue weighted by molar-refractivity contribution is 7.07. The van der Waals surface area contributed by atoms with Crippen LogP contribution in [0.4, 0.5) is 0 Å². The number of para-hydroxylation sites is 1. The molecular weight excluding hydrogens is 296 g/mol. The van der Waals surface area contributed by atoms with Gasteiger partial charge < -0.3 is 4.57 Å². The highest BCUT2D eigenvalue weighted by atomic mass is 32.1. The molecule has 0 aliphatic carbocycles. The number of aryl methyl sites for hydroxylation is 1. The molecule has 0 spiro atoms. The van der Waals surface area contributed by atoms with Gasteiger partial charge in [-0.05, 0) is 18.2 Å². The molecule has 0 bridgehead atoms. The number of aromatic nitrogens is 3. The molecule has 2 heterocycles. The van der Waals surface area contributed by atoms with Crippen LogP contribution in [0.3, 0.4) is 0 Å². The normalized spacial score (nSPS) is 12.1. The van der Waals surface area contributed by atoms with E-state index < -0.39 is 0 Å². The molecule has 0 saturated carbocycles. The summed E-state index contributed by atoms with van der Waals surface area (Å²) in [5.41, 5.74) is 1.83. The van der Waals surface area contributed by atoms with E-state index in [0.717, 1.165) is 11.3 Å². The van der Waals surface area contributed by atoms with E-state index in [1.807, 2.05) is 59.7 Å². The van der Waals surface area contributed by atoms with Crippen LogP contribution in [0.2, 0.25) is 0 Å². The van der Waals surface area contributed by atoms with Crippen LogP contribution in [-0.2, 0) is 11.8 Å². The lowest BCUT2D eigenvalue weighted by molar-refractivity contribution is -0.113. The zero-order valence-electron chi connectivity index (χ0n) is 12.0. The van der Waals surface area contributed by atoms with Crippen molar-refractivity contribution >= 4 is 23.3 Å². The Morgan fingerprint density at radius 2 is 2.14 bits per heavy atom. The van der Waals surface area contributed by atoms with Crippen molar-refractivity contribution in [2.75, 3.05) is 0 Å². The lowest BCUT2D eigenvalue weighted by atomic mass is 10.3. The summed E-state index contributed by atoms with van der Waals surface area (Å²) in [4.78, 5) is 16.5. The zero-order chi connectivity index (χ0) is 15.4. The third-order valence-corrected chi connectivity index (χ3v) is 3.86. The summed E-state index contributed by atoms with van der Waals surface area (Å²) >= 11 is 1.43. The molecule has 0 radical (unpaired) electrons. The topological polar surface area (TPSA) is 52.2 Å². The number of nitrogens with zero attached hydrogens (tertiary/aromatic N) is 4. The Hall–Kier alpha value is -2.73. The fourth-order valence-corrected chi connectivity index (χ4v) is 2.61. The molecule has 6 heteroatoms. The quantitative estimate of drug-likeness (QED) is 0.698. The predicted octanol–water partition coefficient (Wildman–Crippen LogP) is 2.41. The number of thiazole rings is 1. The first-order chi connectivity index (χ1) is 10.7. The van der Waals surface area contributed by atoms with E-state index in [0.29, 0.717) is 4.80 Å². The molecule has 5 nitrogen and oxygen atoms in total. The molecule has 0 aliphatic rings. The number of carbonyl (C=O) groups is 1. The van der Waals surface area contributed by atoms with E-state index in [1.54, 1.807) is 17.0 Å². The van der Waals surface area contributed by atoms with Gasteiger partial charge in [0.1, 0.15) is 0 Å². The molecule has 2 aromatic heterocycles. The minimum atomic E-state index is -0.287. The Morgan fingerprint density at radius 3 is 2.86 bits per heavy atom. The second-order valence-electron chi connectivity index (χ2n) is 4.63. The summed E-state index contributed by atoms with van der Waals surface area (Å²) in [7, 11) is 1.86. The molecule has 0 aliphatic heterocycles. The van der Waals surface area contributed by atoms with Gasteiger partial charge in [0.05, 0.1) is 11.9 Å². The minimum absolute atomic E-state index is 0.287. The Kier molecular flexibility index (Phi) is 4.11. The van der Waals surface area contributed by atoms with Crippen molar-refractivity contribution in [1.29, 1.82) is 0 Å². The van der Waals surface area contributed by atoms with Gasteiger partial charge in [0.25, 0.3) is 5.91 Å². The van der Waals surface area contributed by atoms with Crippen LogP contribution in [0, 0.1) is 0 Å². The largest absolute Gasteiger partial charge is 0.327 e. The first kappa shape index (κ1) is 14.2. The van der Waals surface area contributed by atoms with Crippen LogP contribution in [0.5, 0.6) is 0 Å². The van der Waals surface area contributed by atoms with Crippen molar-refractivity contribution in [3.05, 3.63) is 70.7 Å². The van der Waals surface area contributed by atoms with Crippen molar-refractivity contribution in [3.8, 4) is 5.69 Å². The maximum atomic E-state index is 11.8. The van der Waals surface area contributed by atoms with Gasteiger partial charge >= 0.3 is 0 Å².